The highest BCUT2D eigenvalue weighted by Crippen LogP contribution is 2.31. The molecule has 0 radical (unpaired) electrons. The van der Waals surface area contributed by atoms with Crippen LogP contribution >= 0.6 is 31.9 Å². The van der Waals surface area contributed by atoms with Gasteiger partial charge in [0.1, 0.15) is 5.82 Å². The van der Waals surface area contributed by atoms with E-state index < -0.39 is 0 Å². The zero-order valence-electron chi connectivity index (χ0n) is 8.64. The summed E-state index contributed by atoms with van der Waals surface area (Å²) in [6.45, 7) is 2.44. The molecule has 1 aromatic rings. The van der Waals surface area contributed by atoms with Gasteiger partial charge in [-0.1, -0.05) is 15.9 Å². The molecule has 1 amide bonds. The normalized spacial score (nSPS) is 20.6. The number of aryl methyl sites for hydroxylation is 1. The Labute approximate surface area is 110 Å². The number of carbonyl (C=O) groups is 1. The summed E-state index contributed by atoms with van der Waals surface area (Å²) in [5.41, 5.74) is 1.55. The van der Waals surface area contributed by atoms with Gasteiger partial charge in [-0.15, -0.1) is 0 Å². The van der Waals surface area contributed by atoms with Crippen LogP contribution in [0, 0.1) is 12.7 Å². The Morgan fingerprint density at radius 1 is 1.50 bits per heavy atom. The first-order valence-corrected chi connectivity index (χ1v) is 6.60. The summed E-state index contributed by atoms with van der Waals surface area (Å²) in [5.74, 6) is -0.230. The molecular weight excluding hydrogens is 341 g/mol. The third kappa shape index (κ3) is 2.15. The van der Waals surface area contributed by atoms with Gasteiger partial charge in [0, 0.05) is 23.5 Å². The van der Waals surface area contributed by atoms with E-state index in [0.717, 1.165) is 11.3 Å². The Morgan fingerprint density at radius 3 is 2.75 bits per heavy atom. The Hall–Kier alpha value is -0.420. The molecule has 1 aromatic carbocycles. The Balaban J connectivity index is 2.41. The SMILES string of the molecule is Cc1cc(F)c(Br)cc1N1CC(Br)CC1=O. The zero-order chi connectivity index (χ0) is 11.9. The Bertz CT molecular complexity index is 450. The fourth-order valence-electron chi connectivity index (χ4n) is 1.82. The lowest BCUT2D eigenvalue weighted by molar-refractivity contribution is -0.117. The number of carbonyl (C=O) groups excluding carboxylic acids is 1. The highest BCUT2D eigenvalue weighted by molar-refractivity contribution is 9.10. The molecular formula is C11H10Br2FNO. The Morgan fingerprint density at radius 2 is 2.19 bits per heavy atom. The number of nitrogens with zero attached hydrogens (tertiary/aromatic N) is 1. The molecule has 0 N–H and O–H groups in total. The highest BCUT2D eigenvalue weighted by Gasteiger charge is 2.29. The third-order valence-corrected chi connectivity index (χ3v) is 3.83. The van der Waals surface area contributed by atoms with Crippen LogP contribution in [-0.4, -0.2) is 17.3 Å². The van der Waals surface area contributed by atoms with Gasteiger partial charge < -0.3 is 4.90 Å². The maximum Gasteiger partial charge on any atom is 0.228 e. The van der Waals surface area contributed by atoms with Crippen LogP contribution in [0.2, 0.25) is 0 Å². The fraction of sp³-hybridized carbons (Fsp3) is 0.364. The number of hydrogen-bond donors (Lipinski definition) is 0. The van der Waals surface area contributed by atoms with E-state index in [1.165, 1.54) is 6.07 Å². The number of hydrogen-bond acceptors (Lipinski definition) is 1. The van der Waals surface area contributed by atoms with Crippen molar-refractivity contribution in [3.05, 3.63) is 28.0 Å². The molecule has 1 saturated heterocycles. The van der Waals surface area contributed by atoms with Gasteiger partial charge in [-0.2, -0.15) is 0 Å². The van der Waals surface area contributed by atoms with Crippen molar-refractivity contribution in [1.29, 1.82) is 0 Å². The van der Waals surface area contributed by atoms with E-state index in [0.29, 0.717) is 17.4 Å². The second kappa shape index (κ2) is 4.45. The van der Waals surface area contributed by atoms with Crippen LogP contribution in [0.5, 0.6) is 0 Å². The van der Waals surface area contributed by atoms with Gasteiger partial charge in [-0.3, -0.25) is 4.79 Å². The lowest BCUT2D eigenvalue weighted by atomic mass is 10.2. The average molecular weight is 351 g/mol. The molecule has 2 nitrogen and oxygen atoms in total. The second-order valence-electron chi connectivity index (χ2n) is 3.86. The number of amides is 1. The van der Waals surface area contributed by atoms with Gasteiger partial charge in [-0.25, -0.2) is 4.39 Å². The van der Waals surface area contributed by atoms with E-state index in [2.05, 4.69) is 31.9 Å². The van der Waals surface area contributed by atoms with E-state index in [4.69, 9.17) is 0 Å². The minimum atomic E-state index is -0.303. The van der Waals surface area contributed by atoms with E-state index in [9.17, 15) is 9.18 Å². The fourth-order valence-corrected chi connectivity index (χ4v) is 2.72. The average Bonchev–Trinajstić information content (AvgIpc) is 2.51. The summed E-state index contributed by atoms with van der Waals surface area (Å²) in [6, 6.07) is 3.10. The lowest BCUT2D eigenvalue weighted by Gasteiger charge is -2.19. The van der Waals surface area contributed by atoms with Crippen molar-refractivity contribution >= 4 is 43.5 Å². The van der Waals surface area contributed by atoms with Crippen molar-refractivity contribution in [1.82, 2.24) is 0 Å². The first kappa shape index (κ1) is 12.0. The van der Waals surface area contributed by atoms with Crippen LogP contribution in [0.4, 0.5) is 10.1 Å². The van der Waals surface area contributed by atoms with Crippen LogP contribution in [0.25, 0.3) is 0 Å². The summed E-state index contributed by atoms with van der Waals surface area (Å²) in [4.78, 5) is 13.6. The van der Waals surface area contributed by atoms with Crippen LogP contribution < -0.4 is 4.90 Å². The molecule has 0 saturated carbocycles. The van der Waals surface area contributed by atoms with E-state index >= 15 is 0 Å². The lowest BCUT2D eigenvalue weighted by Crippen LogP contribution is -2.25. The van der Waals surface area contributed by atoms with E-state index in [1.54, 1.807) is 17.9 Å². The topological polar surface area (TPSA) is 20.3 Å². The Kier molecular flexibility index (Phi) is 3.35. The maximum atomic E-state index is 13.3. The van der Waals surface area contributed by atoms with Gasteiger partial charge in [0.25, 0.3) is 0 Å². The first-order valence-electron chi connectivity index (χ1n) is 4.89. The van der Waals surface area contributed by atoms with Crippen molar-refractivity contribution in [2.75, 3.05) is 11.4 Å². The minimum absolute atomic E-state index is 0.0727. The molecule has 0 bridgehead atoms. The van der Waals surface area contributed by atoms with Gasteiger partial charge in [0.2, 0.25) is 5.91 Å². The van der Waals surface area contributed by atoms with Crippen molar-refractivity contribution in [3.63, 3.8) is 0 Å². The van der Waals surface area contributed by atoms with Crippen molar-refractivity contribution < 1.29 is 9.18 Å². The molecule has 86 valence electrons. The number of rotatable bonds is 1. The second-order valence-corrected chi connectivity index (χ2v) is 6.01. The molecule has 0 aliphatic carbocycles. The summed E-state index contributed by atoms with van der Waals surface area (Å²) < 4.78 is 13.6. The van der Waals surface area contributed by atoms with Crippen LogP contribution in [-0.2, 0) is 4.79 Å². The molecule has 0 spiro atoms. The molecule has 1 aliphatic rings. The van der Waals surface area contributed by atoms with Crippen LogP contribution in [0.15, 0.2) is 16.6 Å². The third-order valence-electron chi connectivity index (χ3n) is 2.61. The number of halogens is 3. The molecule has 1 fully saturated rings. The predicted molar refractivity (Wildman–Crippen MR) is 68.5 cm³/mol. The smallest absolute Gasteiger partial charge is 0.228 e. The van der Waals surface area contributed by atoms with Gasteiger partial charge in [0.05, 0.1) is 4.47 Å². The van der Waals surface area contributed by atoms with E-state index in [-0.39, 0.29) is 16.6 Å². The molecule has 16 heavy (non-hydrogen) atoms. The molecule has 2 rings (SSSR count). The number of alkyl halides is 1. The summed E-state index contributed by atoms with van der Waals surface area (Å²) in [5, 5.41) is 0. The van der Waals surface area contributed by atoms with Gasteiger partial charge in [0.15, 0.2) is 0 Å². The molecule has 1 unspecified atom stereocenters. The number of anilines is 1. The number of benzene rings is 1. The van der Waals surface area contributed by atoms with Gasteiger partial charge >= 0.3 is 0 Å². The van der Waals surface area contributed by atoms with Crippen molar-refractivity contribution in [2.45, 2.75) is 18.2 Å². The molecule has 5 heteroatoms. The largest absolute Gasteiger partial charge is 0.311 e. The molecule has 1 atom stereocenters. The van der Waals surface area contributed by atoms with Crippen molar-refractivity contribution in [3.8, 4) is 0 Å². The van der Waals surface area contributed by atoms with Gasteiger partial charge in [-0.05, 0) is 40.5 Å². The monoisotopic (exact) mass is 349 g/mol. The predicted octanol–water partition coefficient (Wildman–Crippen LogP) is 3.40. The quantitative estimate of drug-likeness (QED) is 0.711. The summed E-state index contributed by atoms with van der Waals surface area (Å²) in [6.07, 6.45) is 0.494. The first-order chi connectivity index (χ1) is 7.49. The van der Waals surface area contributed by atoms with Crippen LogP contribution in [0.3, 0.4) is 0 Å². The zero-order valence-corrected chi connectivity index (χ0v) is 11.8. The highest BCUT2D eigenvalue weighted by atomic mass is 79.9. The standard InChI is InChI=1S/C11H10Br2FNO/c1-6-2-9(14)8(13)4-10(6)15-5-7(12)3-11(15)16/h2,4,7H,3,5H2,1H3. The van der Waals surface area contributed by atoms with E-state index in [1.807, 2.05) is 0 Å². The molecule has 0 aromatic heterocycles. The summed E-state index contributed by atoms with van der Waals surface area (Å²) >= 11 is 6.56. The van der Waals surface area contributed by atoms with Crippen LogP contribution in [0.1, 0.15) is 12.0 Å². The molecule has 1 aliphatic heterocycles. The summed E-state index contributed by atoms with van der Waals surface area (Å²) in [7, 11) is 0. The molecule has 1 heterocycles. The van der Waals surface area contributed by atoms with Crippen molar-refractivity contribution in [2.24, 2.45) is 0 Å². The maximum absolute atomic E-state index is 13.3. The minimum Gasteiger partial charge on any atom is -0.311 e.